The van der Waals surface area contributed by atoms with Gasteiger partial charge < -0.3 is 15.5 Å². The van der Waals surface area contributed by atoms with Crippen LogP contribution in [0.15, 0.2) is 12.0 Å². The molecule has 3 nitrogen and oxygen atoms in total. The van der Waals surface area contributed by atoms with Gasteiger partial charge in [0, 0.05) is 19.2 Å². The summed E-state index contributed by atoms with van der Waals surface area (Å²) in [6, 6.07) is 0. The number of hydrogen-bond acceptors (Lipinski definition) is 3. The van der Waals surface area contributed by atoms with Gasteiger partial charge in [-0.2, -0.15) is 0 Å². The minimum absolute atomic E-state index is 0.0948. The molecule has 0 saturated carbocycles. The summed E-state index contributed by atoms with van der Waals surface area (Å²) in [7, 11) is 0. The number of aliphatic hydroxyl groups excluding tert-OH is 2. The SMILES string of the molecule is CCCC/C(O)=C/NCCO. The van der Waals surface area contributed by atoms with E-state index >= 15 is 0 Å². The molecular weight excluding hydrogens is 142 g/mol. The Balaban J connectivity index is 3.30. The lowest BCUT2D eigenvalue weighted by Crippen LogP contribution is -2.11. The molecule has 0 aromatic heterocycles. The number of allylic oxidation sites excluding steroid dienone is 1. The minimum Gasteiger partial charge on any atom is -0.511 e. The molecule has 0 fully saturated rings. The van der Waals surface area contributed by atoms with Crippen LogP contribution in [-0.4, -0.2) is 23.4 Å². The topological polar surface area (TPSA) is 52.5 Å². The highest BCUT2D eigenvalue weighted by Gasteiger charge is 1.90. The molecule has 0 spiro atoms. The van der Waals surface area contributed by atoms with Gasteiger partial charge in [0.25, 0.3) is 0 Å². The molecule has 0 aliphatic heterocycles. The van der Waals surface area contributed by atoms with Crippen molar-refractivity contribution in [1.82, 2.24) is 5.32 Å². The lowest BCUT2D eigenvalue weighted by Gasteiger charge is -1.99. The van der Waals surface area contributed by atoms with Crippen LogP contribution in [-0.2, 0) is 0 Å². The highest BCUT2D eigenvalue weighted by Crippen LogP contribution is 2.01. The van der Waals surface area contributed by atoms with Crippen LogP contribution in [0, 0.1) is 0 Å². The molecule has 0 heterocycles. The maximum absolute atomic E-state index is 9.12. The molecule has 0 aromatic carbocycles. The van der Waals surface area contributed by atoms with Gasteiger partial charge in [0.05, 0.1) is 6.61 Å². The first kappa shape index (κ1) is 10.3. The molecule has 0 aromatic rings. The second-order valence-electron chi connectivity index (χ2n) is 2.42. The average molecular weight is 159 g/mol. The molecule has 0 aliphatic carbocycles. The van der Waals surface area contributed by atoms with Gasteiger partial charge in [0.1, 0.15) is 5.76 Å². The van der Waals surface area contributed by atoms with Gasteiger partial charge in [-0.1, -0.05) is 13.3 Å². The Morgan fingerprint density at radius 1 is 1.55 bits per heavy atom. The van der Waals surface area contributed by atoms with E-state index in [2.05, 4.69) is 12.2 Å². The molecule has 0 atom stereocenters. The van der Waals surface area contributed by atoms with Crippen LogP contribution >= 0.6 is 0 Å². The van der Waals surface area contributed by atoms with E-state index in [0.717, 1.165) is 19.3 Å². The number of aliphatic hydroxyl groups is 2. The van der Waals surface area contributed by atoms with Crippen molar-refractivity contribution in [1.29, 1.82) is 0 Å². The molecule has 0 rings (SSSR count). The Labute approximate surface area is 67.7 Å². The van der Waals surface area contributed by atoms with E-state index in [0.29, 0.717) is 12.3 Å². The zero-order chi connectivity index (χ0) is 8.53. The zero-order valence-electron chi connectivity index (χ0n) is 7.01. The lowest BCUT2D eigenvalue weighted by molar-refractivity contribution is 0.297. The third kappa shape index (κ3) is 7.19. The number of unbranched alkanes of at least 4 members (excludes halogenated alkanes) is 1. The third-order valence-corrected chi connectivity index (χ3v) is 1.31. The van der Waals surface area contributed by atoms with E-state index in [1.54, 1.807) is 6.20 Å². The smallest absolute Gasteiger partial charge is 0.108 e. The number of rotatable bonds is 6. The van der Waals surface area contributed by atoms with Crippen LogP contribution in [0.2, 0.25) is 0 Å². The summed E-state index contributed by atoms with van der Waals surface area (Å²) in [5, 5.41) is 20.3. The fourth-order valence-electron chi connectivity index (χ4n) is 0.685. The zero-order valence-corrected chi connectivity index (χ0v) is 7.01. The predicted octanol–water partition coefficient (Wildman–Crippen LogP) is 1.16. The Morgan fingerprint density at radius 2 is 2.27 bits per heavy atom. The number of hydrogen-bond donors (Lipinski definition) is 3. The van der Waals surface area contributed by atoms with E-state index in [1.807, 2.05) is 0 Å². The first-order valence-electron chi connectivity index (χ1n) is 4.03. The number of nitrogens with one attached hydrogen (secondary N) is 1. The molecule has 0 aliphatic rings. The lowest BCUT2D eigenvalue weighted by atomic mass is 10.2. The minimum atomic E-state index is 0.0948. The van der Waals surface area contributed by atoms with E-state index in [-0.39, 0.29) is 6.61 Å². The van der Waals surface area contributed by atoms with Gasteiger partial charge in [0.15, 0.2) is 0 Å². The van der Waals surface area contributed by atoms with Crippen LogP contribution < -0.4 is 5.32 Å². The van der Waals surface area contributed by atoms with Crippen molar-refractivity contribution >= 4 is 0 Å². The van der Waals surface area contributed by atoms with Crippen molar-refractivity contribution in [3.05, 3.63) is 12.0 Å². The van der Waals surface area contributed by atoms with Crippen molar-refractivity contribution in [2.24, 2.45) is 0 Å². The molecule has 3 heteroatoms. The molecular formula is C8H17NO2. The second kappa shape index (κ2) is 7.41. The highest BCUT2D eigenvalue weighted by atomic mass is 16.3. The standard InChI is InChI=1S/C8H17NO2/c1-2-3-4-8(11)7-9-5-6-10/h7,9-11H,2-6H2,1H3/b8-7-. The molecule has 0 unspecified atom stereocenters. The summed E-state index contributed by atoms with van der Waals surface area (Å²) >= 11 is 0. The van der Waals surface area contributed by atoms with E-state index in [4.69, 9.17) is 10.2 Å². The summed E-state index contributed by atoms with van der Waals surface area (Å²) in [5.74, 6) is 0.361. The van der Waals surface area contributed by atoms with Crippen LogP contribution in [0.25, 0.3) is 0 Å². The maximum atomic E-state index is 9.12. The molecule has 3 N–H and O–H groups in total. The van der Waals surface area contributed by atoms with Crippen LogP contribution in [0.4, 0.5) is 0 Å². The van der Waals surface area contributed by atoms with Gasteiger partial charge in [-0.15, -0.1) is 0 Å². The summed E-state index contributed by atoms with van der Waals surface area (Å²) < 4.78 is 0. The van der Waals surface area contributed by atoms with Gasteiger partial charge in [0.2, 0.25) is 0 Å². The normalized spacial score (nSPS) is 11.6. The summed E-state index contributed by atoms with van der Waals surface area (Å²) in [6.45, 7) is 2.67. The third-order valence-electron chi connectivity index (χ3n) is 1.31. The molecule has 0 bridgehead atoms. The van der Waals surface area contributed by atoms with Crippen molar-refractivity contribution < 1.29 is 10.2 Å². The molecule has 11 heavy (non-hydrogen) atoms. The quantitative estimate of drug-likeness (QED) is 0.402. The first-order chi connectivity index (χ1) is 5.31. The van der Waals surface area contributed by atoms with Gasteiger partial charge in [-0.05, 0) is 6.42 Å². The maximum Gasteiger partial charge on any atom is 0.108 e. The molecule has 0 radical (unpaired) electrons. The van der Waals surface area contributed by atoms with E-state index in [1.165, 1.54) is 0 Å². The van der Waals surface area contributed by atoms with Gasteiger partial charge >= 0.3 is 0 Å². The summed E-state index contributed by atoms with van der Waals surface area (Å²) in [5.41, 5.74) is 0. The molecule has 0 amide bonds. The van der Waals surface area contributed by atoms with Crippen molar-refractivity contribution in [3.8, 4) is 0 Å². The summed E-state index contributed by atoms with van der Waals surface area (Å²) in [6.07, 6.45) is 4.35. The Hall–Kier alpha value is -0.700. The highest BCUT2D eigenvalue weighted by molar-refractivity contribution is 4.88. The molecule has 66 valence electrons. The van der Waals surface area contributed by atoms with Gasteiger partial charge in [-0.3, -0.25) is 0 Å². The van der Waals surface area contributed by atoms with Crippen molar-refractivity contribution in [3.63, 3.8) is 0 Å². The second-order valence-corrected chi connectivity index (χ2v) is 2.42. The van der Waals surface area contributed by atoms with Gasteiger partial charge in [-0.25, -0.2) is 0 Å². The fourth-order valence-corrected chi connectivity index (χ4v) is 0.685. The van der Waals surface area contributed by atoms with Crippen molar-refractivity contribution in [2.75, 3.05) is 13.2 Å². The summed E-state index contributed by atoms with van der Waals surface area (Å²) in [4.78, 5) is 0. The van der Waals surface area contributed by atoms with Crippen LogP contribution in [0.5, 0.6) is 0 Å². The van der Waals surface area contributed by atoms with Crippen molar-refractivity contribution in [2.45, 2.75) is 26.2 Å². The Kier molecular flexibility index (Phi) is 6.94. The molecule has 0 saturated heterocycles. The monoisotopic (exact) mass is 159 g/mol. The predicted molar refractivity (Wildman–Crippen MR) is 45.3 cm³/mol. The largest absolute Gasteiger partial charge is 0.511 e. The van der Waals surface area contributed by atoms with E-state index < -0.39 is 0 Å². The average Bonchev–Trinajstić information content (AvgIpc) is 2.01. The fraction of sp³-hybridized carbons (Fsp3) is 0.750. The van der Waals surface area contributed by atoms with E-state index in [9.17, 15) is 0 Å². The van der Waals surface area contributed by atoms with Crippen LogP contribution in [0.1, 0.15) is 26.2 Å². The Bertz CT molecular complexity index is 113. The van der Waals surface area contributed by atoms with Crippen LogP contribution in [0.3, 0.4) is 0 Å². The first-order valence-corrected chi connectivity index (χ1v) is 4.03. The Morgan fingerprint density at radius 3 is 2.82 bits per heavy atom.